The number of hydrogen-bond acceptors (Lipinski definition) is 2. The third-order valence-electron chi connectivity index (χ3n) is 3.65. The number of aryl methyl sites for hydroxylation is 1. The van der Waals surface area contributed by atoms with Crippen LogP contribution in [0.1, 0.15) is 25.0 Å². The lowest BCUT2D eigenvalue weighted by Crippen LogP contribution is -2.17. The monoisotopic (exact) mass is 205 g/mol. The summed E-state index contributed by atoms with van der Waals surface area (Å²) in [5, 5.41) is 2.85. The molecule has 2 saturated carbocycles. The van der Waals surface area contributed by atoms with Crippen LogP contribution in [0.3, 0.4) is 0 Å². The average Bonchev–Trinajstić information content (AvgIpc) is 2.60. The minimum absolute atomic E-state index is 0.152. The summed E-state index contributed by atoms with van der Waals surface area (Å²) in [6.07, 6.45) is 5.50. The predicted octanol–water partition coefficient (Wildman–Crippen LogP) is 1.70. The van der Waals surface area contributed by atoms with Crippen molar-refractivity contribution in [2.45, 2.75) is 26.2 Å². The summed E-state index contributed by atoms with van der Waals surface area (Å²) >= 11 is 0. The van der Waals surface area contributed by atoms with Crippen LogP contribution in [0.25, 0.3) is 0 Å². The third-order valence-corrected chi connectivity index (χ3v) is 3.65. The maximum absolute atomic E-state index is 11.8. The largest absolute Gasteiger partial charge is 0.328 e. The molecular weight excluding hydrogens is 190 g/mol. The average molecular weight is 205 g/mol. The topological polar surface area (TPSA) is 57.8 Å². The molecule has 80 valence electrons. The Balaban J connectivity index is 1.63. The molecule has 2 unspecified atom stereocenters. The zero-order valence-electron chi connectivity index (χ0n) is 8.79. The second-order valence-corrected chi connectivity index (χ2v) is 4.69. The number of aromatic nitrogens is 2. The molecule has 0 radical (unpaired) electrons. The first-order chi connectivity index (χ1) is 7.25. The van der Waals surface area contributed by atoms with Crippen LogP contribution in [-0.2, 0) is 4.79 Å². The molecule has 1 amide bonds. The van der Waals surface area contributed by atoms with Gasteiger partial charge in [0.1, 0.15) is 0 Å². The van der Waals surface area contributed by atoms with E-state index in [0.717, 1.165) is 5.69 Å². The van der Waals surface area contributed by atoms with Gasteiger partial charge >= 0.3 is 0 Å². The van der Waals surface area contributed by atoms with Crippen molar-refractivity contribution in [1.29, 1.82) is 0 Å². The highest BCUT2D eigenvalue weighted by Crippen LogP contribution is 2.57. The van der Waals surface area contributed by atoms with Crippen molar-refractivity contribution in [1.82, 2.24) is 9.97 Å². The molecule has 1 heterocycles. The summed E-state index contributed by atoms with van der Waals surface area (Å²) in [4.78, 5) is 18.9. The summed E-state index contributed by atoms with van der Waals surface area (Å²) < 4.78 is 0. The van der Waals surface area contributed by atoms with Crippen LogP contribution in [0.15, 0.2) is 6.20 Å². The first kappa shape index (κ1) is 8.95. The van der Waals surface area contributed by atoms with E-state index in [-0.39, 0.29) is 11.8 Å². The molecular formula is C11H15N3O. The molecule has 2 aliphatic carbocycles. The fourth-order valence-corrected chi connectivity index (χ4v) is 2.89. The number of hydrogen-bond donors (Lipinski definition) is 2. The van der Waals surface area contributed by atoms with E-state index in [0.29, 0.717) is 17.8 Å². The Bertz CT molecular complexity index is 388. The third kappa shape index (κ3) is 1.44. The van der Waals surface area contributed by atoms with E-state index >= 15 is 0 Å². The van der Waals surface area contributed by atoms with Gasteiger partial charge in [0.05, 0.1) is 0 Å². The van der Waals surface area contributed by atoms with Crippen molar-refractivity contribution in [2.24, 2.45) is 17.8 Å². The molecule has 2 fully saturated rings. The second kappa shape index (κ2) is 3.08. The summed E-state index contributed by atoms with van der Waals surface area (Å²) in [6, 6.07) is 0. The van der Waals surface area contributed by atoms with Gasteiger partial charge in [-0.15, -0.1) is 0 Å². The number of amides is 1. The molecule has 0 aliphatic heterocycles. The van der Waals surface area contributed by atoms with Crippen LogP contribution in [0.5, 0.6) is 0 Å². The van der Waals surface area contributed by atoms with Gasteiger partial charge in [-0.2, -0.15) is 0 Å². The summed E-state index contributed by atoms with van der Waals surface area (Å²) in [7, 11) is 0. The summed E-state index contributed by atoms with van der Waals surface area (Å²) in [5.74, 6) is 2.34. The Morgan fingerprint density at radius 2 is 2.27 bits per heavy atom. The van der Waals surface area contributed by atoms with E-state index in [1.165, 1.54) is 19.3 Å². The molecule has 0 spiro atoms. The van der Waals surface area contributed by atoms with E-state index in [1.807, 2.05) is 6.92 Å². The Morgan fingerprint density at radius 3 is 2.87 bits per heavy atom. The molecule has 0 bridgehead atoms. The van der Waals surface area contributed by atoms with E-state index in [1.54, 1.807) is 6.20 Å². The highest BCUT2D eigenvalue weighted by molar-refractivity contribution is 5.93. The number of nitrogens with zero attached hydrogens (tertiary/aromatic N) is 1. The van der Waals surface area contributed by atoms with Gasteiger partial charge in [0, 0.05) is 17.8 Å². The first-order valence-corrected chi connectivity index (χ1v) is 5.58. The first-order valence-electron chi connectivity index (χ1n) is 5.58. The van der Waals surface area contributed by atoms with Crippen LogP contribution in [0.4, 0.5) is 5.95 Å². The number of anilines is 1. The summed E-state index contributed by atoms with van der Waals surface area (Å²) in [6.45, 7) is 1.93. The normalized spacial score (nSPS) is 32.5. The smallest absolute Gasteiger partial charge is 0.230 e. The van der Waals surface area contributed by atoms with Crippen LogP contribution in [0, 0.1) is 24.7 Å². The van der Waals surface area contributed by atoms with Crippen molar-refractivity contribution in [3.8, 4) is 0 Å². The molecule has 3 rings (SSSR count). The molecule has 2 N–H and O–H groups in total. The van der Waals surface area contributed by atoms with E-state index in [2.05, 4.69) is 15.3 Å². The van der Waals surface area contributed by atoms with Gasteiger partial charge in [0.15, 0.2) is 0 Å². The zero-order valence-corrected chi connectivity index (χ0v) is 8.79. The van der Waals surface area contributed by atoms with Crippen molar-refractivity contribution in [2.75, 3.05) is 5.32 Å². The van der Waals surface area contributed by atoms with Gasteiger partial charge in [-0.1, -0.05) is 6.42 Å². The molecule has 4 nitrogen and oxygen atoms in total. The molecule has 4 heteroatoms. The molecule has 0 saturated heterocycles. The van der Waals surface area contributed by atoms with Gasteiger partial charge in [-0.25, -0.2) is 4.98 Å². The minimum atomic E-state index is 0.152. The Hall–Kier alpha value is -1.32. The van der Waals surface area contributed by atoms with E-state index < -0.39 is 0 Å². The van der Waals surface area contributed by atoms with E-state index in [4.69, 9.17) is 0 Å². The number of aromatic amines is 1. The molecule has 0 aromatic carbocycles. The van der Waals surface area contributed by atoms with E-state index in [9.17, 15) is 4.79 Å². The van der Waals surface area contributed by atoms with Gasteiger partial charge in [0.25, 0.3) is 0 Å². The summed E-state index contributed by atoms with van der Waals surface area (Å²) in [5.41, 5.74) is 0.973. The number of H-pyrrole nitrogens is 1. The van der Waals surface area contributed by atoms with Crippen LogP contribution in [0.2, 0.25) is 0 Å². The number of rotatable bonds is 2. The Kier molecular flexibility index (Phi) is 1.84. The lowest BCUT2D eigenvalue weighted by molar-refractivity contribution is -0.118. The molecule has 1 aromatic rings. The van der Waals surface area contributed by atoms with Crippen LogP contribution in [-0.4, -0.2) is 15.9 Å². The predicted molar refractivity (Wildman–Crippen MR) is 56.3 cm³/mol. The van der Waals surface area contributed by atoms with Gasteiger partial charge in [-0.3, -0.25) is 10.1 Å². The van der Waals surface area contributed by atoms with Crippen molar-refractivity contribution >= 4 is 11.9 Å². The fourth-order valence-electron chi connectivity index (χ4n) is 2.89. The molecule has 2 aliphatic rings. The molecule has 1 aromatic heterocycles. The lowest BCUT2D eigenvalue weighted by Gasteiger charge is -2.03. The maximum Gasteiger partial charge on any atom is 0.230 e. The number of carbonyl (C=O) groups excluding carboxylic acids is 1. The number of imidazole rings is 1. The highest BCUT2D eigenvalue weighted by atomic mass is 16.2. The lowest BCUT2D eigenvalue weighted by atomic mass is 10.1. The molecule has 15 heavy (non-hydrogen) atoms. The van der Waals surface area contributed by atoms with Crippen molar-refractivity contribution in [3.05, 3.63) is 11.9 Å². The maximum atomic E-state index is 11.8. The second-order valence-electron chi connectivity index (χ2n) is 4.69. The zero-order chi connectivity index (χ0) is 10.4. The van der Waals surface area contributed by atoms with Crippen LogP contribution < -0.4 is 5.32 Å². The van der Waals surface area contributed by atoms with Crippen LogP contribution >= 0.6 is 0 Å². The van der Waals surface area contributed by atoms with Gasteiger partial charge < -0.3 is 4.98 Å². The fraction of sp³-hybridized carbons (Fsp3) is 0.636. The van der Waals surface area contributed by atoms with Crippen molar-refractivity contribution in [3.63, 3.8) is 0 Å². The quantitative estimate of drug-likeness (QED) is 0.772. The van der Waals surface area contributed by atoms with Gasteiger partial charge in [0.2, 0.25) is 11.9 Å². The Morgan fingerprint density at radius 1 is 1.53 bits per heavy atom. The number of fused-ring (bicyclic) bond motifs is 1. The SMILES string of the molecule is Cc1cnc(NC(=O)C2C3CCCC32)[nH]1. The van der Waals surface area contributed by atoms with Gasteiger partial charge in [-0.05, 0) is 31.6 Å². The minimum Gasteiger partial charge on any atom is -0.328 e. The molecule has 2 atom stereocenters. The standard InChI is InChI=1S/C11H15N3O/c1-6-5-12-11(13-6)14-10(15)9-7-3-2-4-8(7)9/h5,7-9H,2-4H2,1H3,(H2,12,13,14,15). The van der Waals surface area contributed by atoms with Crippen molar-refractivity contribution < 1.29 is 4.79 Å². The number of nitrogens with one attached hydrogen (secondary N) is 2. The number of carbonyl (C=O) groups is 1. The highest BCUT2D eigenvalue weighted by Gasteiger charge is 2.56. The Labute approximate surface area is 88.5 Å².